The summed E-state index contributed by atoms with van der Waals surface area (Å²) in [5.41, 5.74) is 0.363. The molecule has 3 saturated carbocycles. The summed E-state index contributed by atoms with van der Waals surface area (Å²) >= 11 is 0. The van der Waals surface area contributed by atoms with E-state index in [1.54, 1.807) is 5.98 Å². The zero-order chi connectivity index (χ0) is 10.8. The van der Waals surface area contributed by atoms with E-state index in [-0.39, 0.29) is 18.8 Å². The summed E-state index contributed by atoms with van der Waals surface area (Å²) in [6.45, 7) is 10.7. The molecule has 4 aliphatic rings. The third-order valence-corrected chi connectivity index (χ3v) is 5.16. The van der Waals surface area contributed by atoms with E-state index in [2.05, 4.69) is 27.4 Å². The van der Waals surface area contributed by atoms with Crippen molar-refractivity contribution in [1.82, 2.24) is 0 Å². The van der Waals surface area contributed by atoms with Gasteiger partial charge in [-0.15, -0.1) is 6.58 Å². The first kappa shape index (κ1) is 9.92. The van der Waals surface area contributed by atoms with E-state index in [9.17, 15) is 0 Å². The van der Waals surface area contributed by atoms with Gasteiger partial charge in [-0.25, -0.2) is 0 Å². The summed E-state index contributed by atoms with van der Waals surface area (Å²) in [7, 11) is -0.185. The van der Waals surface area contributed by atoms with Crippen molar-refractivity contribution in [2.75, 3.05) is 0 Å². The zero-order valence-electron chi connectivity index (χ0n) is 9.82. The Morgan fingerprint density at radius 3 is 2.67 bits per heavy atom. The smallest absolute Gasteiger partial charge is 0.402 e. The second-order valence-electron chi connectivity index (χ2n) is 6.07. The van der Waals surface area contributed by atoms with Gasteiger partial charge in [0, 0.05) is 0 Å². The van der Waals surface area contributed by atoms with Crippen LogP contribution in [0.15, 0.2) is 12.6 Å². The largest absolute Gasteiger partial charge is 0.486 e. The van der Waals surface area contributed by atoms with Crippen molar-refractivity contribution in [2.24, 2.45) is 17.3 Å². The summed E-state index contributed by atoms with van der Waals surface area (Å²) in [4.78, 5) is 0. The summed E-state index contributed by atoms with van der Waals surface area (Å²) in [5, 5.41) is 0. The van der Waals surface area contributed by atoms with E-state index in [4.69, 9.17) is 9.31 Å². The van der Waals surface area contributed by atoms with Gasteiger partial charge in [0.1, 0.15) is 0 Å². The molecular formula is C12H19BO2. The van der Waals surface area contributed by atoms with Crippen LogP contribution in [0.25, 0.3) is 0 Å². The van der Waals surface area contributed by atoms with Gasteiger partial charge in [-0.3, -0.25) is 0 Å². The summed E-state index contributed by atoms with van der Waals surface area (Å²) in [6.07, 6.45) is 2.76. The first-order valence-electron chi connectivity index (χ1n) is 5.94. The monoisotopic (exact) mass is 206 g/mol. The van der Waals surface area contributed by atoms with Crippen LogP contribution in [0.4, 0.5) is 0 Å². The van der Waals surface area contributed by atoms with E-state index in [1.165, 1.54) is 6.42 Å². The molecule has 0 spiro atoms. The van der Waals surface area contributed by atoms with Gasteiger partial charge in [0.25, 0.3) is 0 Å². The topological polar surface area (TPSA) is 18.5 Å². The highest BCUT2D eigenvalue weighted by atomic mass is 16.7. The van der Waals surface area contributed by atoms with Gasteiger partial charge in [-0.1, -0.05) is 19.8 Å². The van der Waals surface area contributed by atoms with Crippen molar-refractivity contribution in [1.29, 1.82) is 0 Å². The molecule has 1 heterocycles. The van der Waals surface area contributed by atoms with Crippen molar-refractivity contribution in [3.05, 3.63) is 12.6 Å². The van der Waals surface area contributed by atoms with Gasteiger partial charge in [0.05, 0.1) is 11.7 Å². The minimum absolute atomic E-state index is 0.0723. The van der Waals surface area contributed by atoms with E-state index in [1.807, 2.05) is 0 Å². The third-order valence-electron chi connectivity index (χ3n) is 5.16. The SMILES string of the molecule is C=CB1OC2CC3CC(C3(C)C)[C@@]2(C)O1. The van der Waals surface area contributed by atoms with E-state index in [0.717, 1.165) is 12.3 Å². The van der Waals surface area contributed by atoms with Crippen LogP contribution in [0.1, 0.15) is 33.6 Å². The molecule has 82 valence electrons. The van der Waals surface area contributed by atoms with E-state index in [0.29, 0.717) is 11.3 Å². The molecule has 2 bridgehead atoms. The molecule has 3 aliphatic carbocycles. The van der Waals surface area contributed by atoms with Gasteiger partial charge in [-0.2, -0.15) is 0 Å². The van der Waals surface area contributed by atoms with Crippen molar-refractivity contribution in [3.63, 3.8) is 0 Å². The number of hydrogen-bond acceptors (Lipinski definition) is 2. The Labute approximate surface area is 92.2 Å². The Hall–Kier alpha value is -0.275. The molecular weight excluding hydrogens is 187 g/mol. The van der Waals surface area contributed by atoms with E-state index < -0.39 is 0 Å². The highest BCUT2D eigenvalue weighted by Crippen LogP contribution is 2.65. The Balaban J connectivity index is 1.92. The molecule has 1 aliphatic heterocycles. The van der Waals surface area contributed by atoms with Crippen molar-refractivity contribution in [3.8, 4) is 0 Å². The molecule has 0 aromatic carbocycles. The first-order chi connectivity index (χ1) is 6.98. The fourth-order valence-electron chi connectivity index (χ4n) is 4.00. The van der Waals surface area contributed by atoms with E-state index >= 15 is 0 Å². The van der Waals surface area contributed by atoms with Crippen LogP contribution in [0.5, 0.6) is 0 Å². The molecule has 4 fully saturated rings. The molecule has 4 rings (SSSR count). The quantitative estimate of drug-likeness (QED) is 0.613. The maximum absolute atomic E-state index is 6.05. The van der Waals surface area contributed by atoms with Gasteiger partial charge >= 0.3 is 7.12 Å². The van der Waals surface area contributed by atoms with Crippen molar-refractivity contribution >= 4 is 7.12 Å². The van der Waals surface area contributed by atoms with Crippen LogP contribution in [-0.2, 0) is 9.31 Å². The molecule has 3 unspecified atom stereocenters. The number of hydrogen-bond donors (Lipinski definition) is 0. The lowest BCUT2D eigenvalue weighted by Gasteiger charge is -2.64. The van der Waals surface area contributed by atoms with Crippen LogP contribution in [0.2, 0.25) is 0 Å². The maximum Gasteiger partial charge on any atom is 0.486 e. The maximum atomic E-state index is 6.05. The van der Waals surface area contributed by atoms with Gasteiger partial charge in [0.2, 0.25) is 0 Å². The zero-order valence-corrected chi connectivity index (χ0v) is 9.82. The molecule has 0 aromatic heterocycles. The summed E-state index contributed by atoms with van der Waals surface area (Å²) in [6, 6.07) is 0. The van der Waals surface area contributed by atoms with Crippen LogP contribution >= 0.6 is 0 Å². The Bertz CT molecular complexity index is 315. The summed E-state index contributed by atoms with van der Waals surface area (Å²) < 4.78 is 11.9. The average molecular weight is 206 g/mol. The molecule has 4 atom stereocenters. The van der Waals surface area contributed by atoms with Crippen LogP contribution in [0, 0.1) is 17.3 Å². The molecule has 0 amide bonds. The first-order valence-corrected chi connectivity index (χ1v) is 5.94. The minimum atomic E-state index is -0.185. The molecule has 3 heteroatoms. The van der Waals surface area contributed by atoms with Gasteiger partial charge in [-0.05, 0) is 37.0 Å². The van der Waals surface area contributed by atoms with Gasteiger partial charge in [0.15, 0.2) is 0 Å². The fraction of sp³-hybridized carbons (Fsp3) is 0.833. The third kappa shape index (κ3) is 1.03. The second-order valence-corrected chi connectivity index (χ2v) is 6.07. The highest BCUT2D eigenvalue weighted by molar-refractivity contribution is 6.51. The molecule has 2 nitrogen and oxygen atoms in total. The minimum Gasteiger partial charge on any atom is -0.402 e. The second kappa shape index (κ2) is 2.69. The van der Waals surface area contributed by atoms with Gasteiger partial charge < -0.3 is 9.31 Å². The molecule has 15 heavy (non-hydrogen) atoms. The van der Waals surface area contributed by atoms with Crippen LogP contribution < -0.4 is 0 Å². The van der Waals surface area contributed by atoms with Crippen molar-refractivity contribution < 1.29 is 9.31 Å². The lowest BCUT2D eigenvalue weighted by atomic mass is 9.43. The van der Waals surface area contributed by atoms with Crippen molar-refractivity contribution in [2.45, 2.75) is 45.3 Å². The average Bonchev–Trinajstić information content (AvgIpc) is 2.53. The standard InChI is InChI=1S/C12H19BO2/c1-5-13-14-10-7-8-6-9(11(8,2)3)12(10,4)15-13/h5,8-10H,1,6-7H2,2-4H3/t8?,9?,10?,12-/m1/s1. The van der Waals surface area contributed by atoms with Crippen LogP contribution in [0.3, 0.4) is 0 Å². The van der Waals surface area contributed by atoms with Crippen LogP contribution in [-0.4, -0.2) is 18.8 Å². The normalized spacial score (nSPS) is 50.9. The Morgan fingerprint density at radius 2 is 2.07 bits per heavy atom. The fourth-order valence-corrected chi connectivity index (χ4v) is 4.00. The predicted octanol–water partition coefficient (Wildman–Crippen LogP) is 2.44. The molecule has 0 N–H and O–H groups in total. The lowest BCUT2D eigenvalue weighted by Crippen LogP contribution is -2.65. The lowest BCUT2D eigenvalue weighted by molar-refractivity contribution is -0.199. The summed E-state index contributed by atoms with van der Waals surface area (Å²) in [5.74, 6) is 3.25. The Morgan fingerprint density at radius 1 is 1.33 bits per heavy atom. The number of rotatable bonds is 1. The molecule has 0 radical (unpaired) electrons. The highest BCUT2D eigenvalue weighted by Gasteiger charge is 2.67. The predicted molar refractivity (Wildman–Crippen MR) is 60.3 cm³/mol. The Kier molecular flexibility index (Phi) is 1.78. The molecule has 0 aromatic rings. The molecule has 1 saturated heterocycles.